The summed E-state index contributed by atoms with van der Waals surface area (Å²) in [6.07, 6.45) is -4.61. The Morgan fingerprint density at radius 3 is 2.19 bits per heavy atom. The number of alkyl halides is 3. The van der Waals surface area contributed by atoms with Crippen molar-refractivity contribution in [3.05, 3.63) is 72.2 Å². The lowest BCUT2D eigenvalue weighted by Crippen LogP contribution is -2.44. The zero-order chi connectivity index (χ0) is 21.8. The van der Waals surface area contributed by atoms with Crippen molar-refractivity contribution in [2.24, 2.45) is 0 Å². The van der Waals surface area contributed by atoms with E-state index in [2.05, 4.69) is 19.6 Å². The van der Waals surface area contributed by atoms with Crippen LogP contribution in [0.5, 0.6) is 0 Å². The molecule has 162 valence electrons. The minimum atomic E-state index is -4.61. The van der Waals surface area contributed by atoms with Gasteiger partial charge in [0.2, 0.25) is 5.95 Å². The smallest absolute Gasteiger partial charge is 0.340 e. The van der Waals surface area contributed by atoms with Crippen LogP contribution in [0.3, 0.4) is 0 Å². The molecule has 1 aliphatic rings. The highest BCUT2D eigenvalue weighted by Gasteiger charge is 2.34. The summed E-state index contributed by atoms with van der Waals surface area (Å²) in [7, 11) is 0. The molecule has 10 heteroatoms. The molecule has 3 aromatic rings. The Hall–Kier alpha value is -2.85. The van der Waals surface area contributed by atoms with Crippen LogP contribution in [-0.4, -0.2) is 40.5 Å². The first-order valence-electron chi connectivity index (χ1n) is 9.58. The lowest BCUT2D eigenvalue weighted by molar-refractivity contribution is -0.141. The maximum absolute atomic E-state index is 13.4. The molecule has 1 saturated heterocycles. The number of halogens is 4. The normalized spacial score (nSPS) is 15.2. The Labute approximate surface area is 181 Å². The van der Waals surface area contributed by atoms with Crippen molar-refractivity contribution >= 4 is 29.4 Å². The van der Waals surface area contributed by atoms with Gasteiger partial charge in [-0.1, -0.05) is 18.2 Å². The van der Waals surface area contributed by atoms with Gasteiger partial charge in [0.1, 0.15) is 11.6 Å². The molecule has 31 heavy (non-hydrogen) atoms. The molecule has 1 aromatic heterocycles. The second-order valence-electron chi connectivity index (χ2n) is 6.89. The van der Waals surface area contributed by atoms with Crippen LogP contribution in [-0.2, 0) is 6.18 Å². The fraction of sp³-hybridized carbons (Fsp3) is 0.238. The maximum Gasteiger partial charge on any atom is 0.433 e. The van der Waals surface area contributed by atoms with E-state index < -0.39 is 17.7 Å². The fourth-order valence-corrected chi connectivity index (χ4v) is 4.00. The average Bonchev–Trinajstić information content (AvgIpc) is 2.76. The summed E-state index contributed by atoms with van der Waals surface area (Å²) in [4.78, 5) is 10.9. The molecule has 4 rings (SSSR count). The van der Waals surface area contributed by atoms with Crippen molar-refractivity contribution in [3.8, 4) is 0 Å². The quantitative estimate of drug-likeness (QED) is 0.426. The SMILES string of the molecule is Fc1ccc(Nc2cc(C(F)(F)F)nc(N3CCN(Sc4ccccc4)CC3)n2)cc1. The first-order chi connectivity index (χ1) is 14.9. The number of nitrogens with one attached hydrogen (secondary N) is 1. The molecule has 0 radical (unpaired) electrons. The van der Waals surface area contributed by atoms with E-state index in [1.165, 1.54) is 24.3 Å². The van der Waals surface area contributed by atoms with Crippen LogP contribution in [0.15, 0.2) is 65.6 Å². The van der Waals surface area contributed by atoms with Gasteiger partial charge in [-0.2, -0.15) is 18.2 Å². The second kappa shape index (κ2) is 9.11. The summed E-state index contributed by atoms with van der Waals surface area (Å²) in [6, 6.07) is 16.1. The number of hydrogen-bond acceptors (Lipinski definition) is 6. The third-order valence-electron chi connectivity index (χ3n) is 4.62. The molecule has 0 amide bonds. The van der Waals surface area contributed by atoms with Gasteiger partial charge in [0.25, 0.3) is 0 Å². The third kappa shape index (κ3) is 5.65. The molecule has 0 spiro atoms. The predicted octanol–water partition coefficient (Wildman–Crippen LogP) is 5.21. The Balaban J connectivity index is 1.50. The van der Waals surface area contributed by atoms with Crippen molar-refractivity contribution in [1.29, 1.82) is 0 Å². The molecule has 1 aliphatic heterocycles. The van der Waals surface area contributed by atoms with Gasteiger partial charge in [0.15, 0.2) is 5.69 Å². The minimum Gasteiger partial charge on any atom is -0.340 e. The molecule has 0 unspecified atom stereocenters. The van der Waals surface area contributed by atoms with Crippen LogP contribution in [0.1, 0.15) is 5.69 Å². The van der Waals surface area contributed by atoms with Gasteiger partial charge in [-0.25, -0.2) is 13.7 Å². The summed E-state index contributed by atoms with van der Waals surface area (Å²) in [5.74, 6) is -0.412. The molecule has 0 atom stereocenters. The van der Waals surface area contributed by atoms with Gasteiger partial charge in [0, 0.05) is 42.8 Å². The molecule has 1 N–H and O–H groups in total. The summed E-state index contributed by atoms with van der Waals surface area (Å²) < 4.78 is 55.5. The van der Waals surface area contributed by atoms with Crippen LogP contribution in [0, 0.1) is 5.82 Å². The molecule has 0 bridgehead atoms. The first kappa shape index (κ1) is 21.4. The molecular weight excluding hydrogens is 430 g/mol. The number of anilines is 3. The van der Waals surface area contributed by atoms with Crippen molar-refractivity contribution < 1.29 is 17.6 Å². The number of benzene rings is 2. The number of aromatic nitrogens is 2. The summed E-state index contributed by atoms with van der Waals surface area (Å²) in [6.45, 7) is 2.30. The van der Waals surface area contributed by atoms with Crippen molar-refractivity contribution in [3.63, 3.8) is 0 Å². The van der Waals surface area contributed by atoms with Crippen LogP contribution in [0.25, 0.3) is 0 Å². The van der Waals surface area contributed by atoms with E-state index in [1.54, 1.807) is 16.8 Å². The summed E-state index contributed by atoms with van der Waals surface area (Å²) in [5, 5.41) is 2.81. The Bertz CT molecular complexity index is 1010. The Kier molecular flexibility index (Phi) is 6.28. The topological polar surface area (TPSA) is 44.3 Å². The molecule has 0 saturated carbocycles. The van der Waals surface area contributed by atoms with E-state index >= 15 is 0 Å². The monoisotopic (exact) mass is 449 g/mol. The van der Waals surface area contributed by atoms with Gasteiger partial charge >= 0.3 is 6.18 Å². The highest BCUT2D eigenvalue weighted by atomic mass is 32.2. The van der Waals surface area contributed by atoms with Crippen molar-refractivity contribution in [1.82, 2.24) is 14.3 Å². The van der Waals surface area contributed by atoms with Gasteiger partial charge in [0.05, 0.1) is 0 Å². The van der Waals surface area contributed by atoms with Gasteiger partial charge < -0.3 is 10.2 Å². The predicted molar refractivity (Wildman–Crippen MR) is 113 cm³/mol. The van der Waals surface area contributed by atoms with Crippen molar-refractivity contribution in [2.75, 3.05) is 36.4 Å². The standard InChI is InChI=1S/C21H19F4N5S/c22-15-6-8-16(9-7-15)26-19-14-18(21(23,24)25)27-20(28-19)29-10-12-30(13-11-29)31-17-4-2-1-3-5-17/h1-9,14H,10-13H2,(H,26,27,28). The molecule has 5 nitrogen and oxygen atoms in total. The van der Waals surface area contributed by atoms with Crippen LogP contribution in [0.2, 0.25) is 0 Å². The van der Waals surface area contributed by atoms with E-state index in [0.717, 1.165) is 11.0 Å². The maximum atomic E-state index is 13.4. The van der Waals surface area contributed by atoms with E-state index in [1.807, 2.05) is 30.3 Å². The molecule has 0 aliphatic carbocycles. The molecular formula is C21H19F4N5S. The Morgan fingerprint density at radius 2 is 1.55 bits per heavy atom. The zero-order valence-electron chi connectivity index (χ0n) is 16.3. The van der Waals surface area contributed by atoms with E-state index in [0.29, 0.717) is 31.9 Å². The summed E-state index contributed by atoms with van der Waals surface area (Å²) in [5.41, 5.74) is -0.591. The van der Waals surface area contributed by atoms with Crippen LogP contribution >= 0.6 is 11.9 Å². The number of nitrogens with zero attached hydrogens (tertiary/aromatic N) is 4. The number of hydrogen-bond donors (Lipinski definition) is 1. The van der Waals surface area contributed by atoms with E-state index in [4.69, 9.17) is 0 Å². The lowest BCUT2D eigenvalue weighted by atomic mass is 10.3. The molecule has 2 aromatic carbocycles. The number of rotatable bonds is 5. The largest absolute Gasteiger partial charge is 0.433 e. The average molecular weight is 449 g/mol. The van der Waals surface area contributed by atoms with E-state index in [9.17, 15) is 17.6 Å². The zero-order valence-corrected chi connectivity index (χ0v) is 17.1. The fourth-order valence-electron chi connectivity index (χ4n) is 3.08. The molecule has 2 heterocycles. The number of piperazine rings is 1. The third-order valence-corrected chi connectivity index (χ3v) is 5.73. The van der Waals surface area contributed by atoms with E-state index in [-0.39, 0.29) is 11.8 Å². The summed E-state index contributed by atoms with van der Waals surface area (Å²) >= 11 is 1.62. The highest BCUT2D eigenvalue weighted by molar-refractivity contribution is 7.97. The highest BCUT2D eigenvalue weighted by Crippen LogP contribution is 2.32. The minimum absolute atomic E-state index is 0.00465. The first-order valence-corrected chi connectivity index (χ1v) is 10.4. The van der Waals surface area contributed by atoms with Gasteiger partial charge in [-0.15, -0.1) is 0 Å². The Morgan fingerprint density at radius 1 is 0.871 bits per heavy atom. The van der Waals surface area contributed by atoms with Crippen LogP contribution in [0.4, 0.5) is 35.0 Å². The molecule has 1 fully saturated rings. The second-order valence-corrected chi connectivity index (χ2v) is 8.06. The van der Waals surface area contributed by atoms with Gasteiger partial charge in [-0.05, 0) is 48.3 Å². The van der Waals surface area contributed by atoms with Crippen LogP contribution < -0.4 is 10.2 Å². The lowest BCUT2D eigenvalue weighted by Gasteiger charge is -2.34. The van der Waals surface area contributed by atoms with Gasteiger partial charge in [-0.3, -0.25) is 0 Å². The van der Waals surface area contributed by atoms with Crippen molar-refractivity contribution in [2.45, 2.75) is 11.1 Å².